The molecule has 1 rings (SSSR count). The van der Waals surface area contributed by atoms with E-state index >= 15 is 0 Å². The molecule has 0 fully saturated rings. The number of methoxy groups -OCH3 is 1. The number of aromatic nitrogens is 2. The number of ether oxygens (including phenoxy) is 1. The smallest absolute Gasteiger partial charge is 0.261 e. The van der Waals surface area contributed by atoms with Crippen LogP contribution >= 0.6 is 0 Å². The predicted molar refractivity (Wildman–Crippen MR) is 128 cm³/mol. The van der Waals surface area contributed by atoms with E-state index in [0.29, 0.717) is 11.6 Å². The van der Waals surface area contributed by atoms with Gasteiger partial charge in [0.1, 0.15) is 0 Å². The molecule has 174 valence electrons. The summed E-state index contributed by atoms with van der Waals surface area (Å²) < 4.78 is 5.18. The van der Waals surface area contributed by atoms with E-state index in [0.717, 1.165) is 12.8 Å². The Morgan fingerprint density at radius 1 is 0.700 bits per heavy atom. The van der Waals surface area contributed by atoms with Crippen LogP contribution in [0.2, 0.25) is 0 Å². The molecule has 5 heteroatoms. The number of aromatic hydroxyl groups is 1. The molecule has 1 aromatic rings. The minimum Gasteiger partial charge on any atom is -0.502 e. The Morgan fingerprint density at radius 3 is 1.53 bits per heavy atom. The van der Waals surface area contributed by atoms with Crippen molar-refractivity contribution < 1.29 is 9.84 Å². The van der Waals surface area contributed by atoms with Crippen molar-refractivity contribution in [1.82, 2.24) is 9.97 Å². The molecule has 0 bridgehead atoms. The second-order valence-corrected chi connectivity index (χ2v) is 8.78. The van der Waals surface area contributed by atoms with Crippen molar-refractivity contribution in [2.45, 2.75) is 116 Å². The van der Waals surface area contributed by atoms with Gasteiger partial charge in [-0.2, -0.15) is 4.98 Å². The summed E-state index contributed by atoms with van der Waals surface area (Å²) in [5.41, 5.74) is 0.691. The molecule has 0 unspecified atom stereocenters. The first-order valence-corrected chi connectivity index (χ1v) is 12.4. The van der Waals surface area contributed by atoms with Crippen LogP contribution in [-0.4, -0.2) is 36.3 Å². The van der Waals surface area contributed by atoms with Gasteiger partial charge in [0.2, 0.25) is 11.7 Å². The van der Waals surface area contributed by atoms with E-state index < -0.39 is 0 Å². The van der Waals surface area contributed by atoms with E-state index in [4.69, 9.17) is 4.74 Å². The van der Waals surface area contributed by atoms with Gasteiger partial charge < -0.3 is 14.7 Å². The average molecular weight is 422 g/mol. The Balaban J connectivity index is 2.01. The highest BCUT2D eigenvalue weighted by molar-refractivity contribution is 5.43. The van der Waals surface area contributed by atoms with Crippen LogP contribution in [0.3, 0.4) is 0 Å². The first kappa shape index (κ1) is 26.5. The molecule has 1 N–H and O–H groups in total. The van der Waals surface area contributed by atoms with Crippen molar-refractivity contribution in [1.29, 1.82) is 0 Å². The molecule has 0 radical (unpaired) electrons. The lowest BCUT2D eigenvalue weighted by atomic mass is 10.0. The van der Waals surface area contributed by atoms with Gasteiger partial charge in [0, 0.05) is 14.1 Å². The minimum atomic E-state index is 0.0871. The Bertz CT molecular complexity index is 549. The van der Waals surface area contributed by atoms with Crippen LogP contribution in [-0.2, 0) is 6.42 Å². The predicted octanol–water partition coefficient (Wildman–Crippen LogP) is 7.06. The highest BCUT2D eigenvalue weighted by Crippen LogP contribution is 2.29. The summed E-state index contributed by atoms with van der Waals surface area (Å²) in [4.78, 5) is 10.5. The number of anilines is 1. The first-order chi connectivity index (χ1) is 14.6. The van der Waals surface area contributed by atoms with Crippen LogP contribution in [0.5, 0.6) is 11.6 Å². The van der Waals surface area contributed by atoms with E-state index in [1.807, 2.05) is 19.0 Å². The molecule has 0 amide bonds. The summed E-state index contributed by atoms with van der Waals surface area (Å²) >= 11 is 0. The molecule has 0 saturated carbocycles. The fourth-order valence-corrected chi connectivity index (χ4v) is 3.82. The SMILES string of the molecule is CCCCCCCCCCCCCCCCCCc1nc(N(C)C)nc(OC)c1O. The lowest BCUT2D eigenvalue weighted by molar-refractivity contribution is 0.353. The van der Waals surface area contributed by atoms with Gasteiger partial charge >= 0.3 is 0 Å². The fraction of sp³-hybridized carbons (Fsp3) is 0.840. The molecule has 1 aromatic heterocycles. The highest BCUT2D eigenvalue weighted by atomic mass is 16.5. The summed E-state index contributed by atoms with van der Waals surface area (Å²) in [5, 5.41) is 10.3. The molecule has 0 aliphatic carbocycles. The van der Waals surface area contributed by atoms with Crippen LogP contribution in [0, 0.1) is 0 Å². The second kappa shape index (κ2) is 17.2. The van der Waals surface area contributed by atoms with Gasteiger partial charge in [-0.05, 0) is 12.8 Å². The number of unbranched alkanes of at least 4 members (excludes halogenated alkanes) is 15. The molecule has 0 atom stereocenters. The van der Waals surface area contributed by atoms with Crippen LogP contribution < -0.4 is 9.64 Å². The Morgan fingerprint density at radius 2 is 1.13 bits per heavy atom. The average Bonchev–Trinajstić information content (AvgIpc) is 2.74. The lowest BCUT2D eigenvalue weighted by Crippen LogP contribution is -2.14. The lowest BCUT2D eigenvalue weighted by Gasteiger charge is -2.14. The maximum absolute atomic E-state index is 10.3. The van der Waals surface area contributed by atoms with Crippen LogP contribution in [0.4, 0.5) is 5.95 Å². The zero-order chi connectivity index (χ0) is 22.0. The number of rotatable bonds is 19. The molecule has 0 aliphatic rings. The maximum Gasteiger partial charge on any atom is 0.261 e. The summed E-state index contributed by atoms with van der Waals surface area (Å²) in [6.45, 7) is 2.28. The van der Waals surface area contributed by atoms with Gasteiger partial charge in [-0.3, -0.25) is 0 Å². The van der Waals surface area contributed by atoms with E-state index in [2.05, 4.69) is 16.9 Å². The molecular weight excluding hydrogens is 374 g/mol. The summed E-state index contributed by atoms with van der Waals surface area (Å²) in [7, 11) is 5.31. The minimum absolute atomic E-state index is 0.0871. The molecule has 0 aliphatic heterocycles. The van der Waals surface area contributed by atoms with Gasteiger partial charge in [-0.15, -0.1) is 0 Å². The molecule has 30 heavy (non-hydrogen) atoms. The van der Waals surface area contributed by atoms with E-state index in [-0.39, 0.29) is 11.6 Å². The third-order valence-corrected chi connectivity index (χ3v) is 5.77. The molecular formula is C25H47N3O2. The zero-order valence-electron chi connectivity index (χ0n) is 20.2. The zero-order valence-corrected chi connectivity index (χ0v) is 20.2. The van der Waals surface area contributed by atoms with Gasteiger partial charge in [-0.25, -0.2) is 4.98 Å². The number of nitrogens with zero attached hydrogens (tertiary/aromatic N) is 3. The van der Waals surface area contributed by atoms with Crippen molar-refractivity contribution in [3.05, 3.63) is 5.69 Å². The van der Waals surface area contributed by atoms with Gasteiger partial charge in [0.15, 0.2) is 0 Å². The van der Waals surface area contributed by atoms with Gasteiger partial charge in [0.25, 0.3) is 5.88 Å². The monoisotopic (exact) mass is 421 g/mol. The molecule has 0 spiro atoms. The summed E-state index contributed by atoms with van der Waals surface area (Å²) in [6, 6.07) is 0. The Kier molecular flexibility index (Phi) is 15.2. The number of aryl methyl sites for hydroxylation is 1. The second-order valence-electron chi connectivity index (χ2n) is 8.78. The summed E-state index contributed by atoms with van der Waals surface area (Å²) in [5.74, 6) is 0.931. The normalized spacial score (nSPS) is 11.1. The van der Waals surface area contributed by atoms with Gasteiger partial charge in [0.05, 0.1) is 12.8 Å². The van der Waals surface area contributed by atoms with E-state index in [1.54, 1.807) is 0 Å². The van der Waals surface area contributed by atoms with Crippen molar-refractivity contribution >= 4 is 5.95 Å². The highest BCUT2D eigenvalue weighted by Gasteiger charge is 2.14. The number of hydrogen-bond donors (Lipinski definition) is 1. The Hall–Kier alpha value is -1.52. The van der Waals surface area contributed by atoms with Gasteiger partial charge in [-0.1, -0.05) is 103 Å². The standard InChI is InChI=1S/C25H47N3O2/c1-5-6-7-8-9-10-11-12-13-14-15-16-17-18-19-20-21-22-23(29)24(30-4)27-25(26-22)28(2)3/h29H,5-21H2,1-4H3. The van der Waals surface area contributed by atoms with Crippen molar-refractivity contribution in [3.63, 3.8) is 0 Å². The fourth-order valence-electron chi connectivity index (χ4n) is 3.82. The molecule has 0 saturated heterocycles. The number of hydrogen-bond acceptors (Lipinski definition) is 5. The largest absolute Gasteiger partial charge is 0.502 e. The third-order valence-electron chi connectivity index (χ3n) is 5.77. The first-order valence-electron chi connectivity index (χ1n) is 12.4. The topological polar surface area (TPSA) is 58.5 Å². The van der Waals surface area contributed by atoms with Crippen molar-refractivity contribution in [3.8, 4) is 11.6 Å². The van der Waals surface area contributed by atoms with E-state index in [1.165, 1.54) is 103 Å². The van der Waals surface area contributed by atoms with Crippen LogP contribution in [0.15, 0.2) is 0 Å². The van der Waals surface area contributed by atoms with Crippen LogP contribution in [0.1, 0.15) is 115 Å². The van der Waals surface area contributed by atoms with Crippen LogP contribution in [0.25, 0.3) is 0 Å². The molecule has 5 nitrogen and oxygen atoms in total. The van der Waals surface area contributed by atoms with E-state index in [9.17, 15) is 5.11 Å². The molecule has 0 aromatic carbocycles. The maximum atomic E-state index is 10.3. The molecule has 1 heterocycles. The van der Waals surface area contributed by atoms with Crippen molar-refractivity contribution in [2.24, 2.45) is 0 Å². The quantitative estimate of drug-likeness (QED) is 0.242. The Labute approximate surface area is 185 Å². The van der Waals surface area contributed by atoms with Crippen molar-refractivity contribution in [2.75, 3.05) is 26.1 Å². The third kappa shape index (κ3) is 11.6. The summed E-state index contributed by atoms with van der Waals surface area (Å²) in [6.07, 6.45) is 22.5.